The standard InChI is InChI=1S/C13H20N4O/c1-3-18-13-8-12(16-10(2)17-13)15-9-11-4-6-14-7-5-11/h4,8,14H,3,5-7,9H2,1-2H3,(H,15,16,17). The predicted molar refractivity (Wildman–Crippen MR) is 72.0 cm³/mol. The van der Waals surface area contributed by atoms with Crippen molar-refractivity contribution in [2.45, 2.75) is 20.3 Å². The molecule has 5 heteroatoms. The fraction of sp³-hybridized carbons (Fsp3) is 0.538. The maximum atomic E-state index is 5.40. The van der Waals surface area contributed by atoms with E-state index < -0.39 is 0 Å². The third kappa shape index (κ3) is 3.70. The Morgan fingerprint density at radius 1 is 1.44 bits per heavy atom. The van der Waals surface area contributed by atoms with Gasteiger partial charge in [-0.3, -0.25) is 0 Å². The summed E-state index contributed by atoms with van der Waals surface area (Å²) in [6.07, 6.45) is 3.32. The van der Waals surface area contributed by atoms with E-state index in [1.54, 1.807) is 0 Å². The van der Waals surface area contributed by atoms with E-state index in [0.717, 1.165) is 37.7 Å². The van der Waals surface area contributed by atoms with Crippen molar-refractivity contribution in [3.8, 4) is 5.88 Å². The van der Waals surface area contributed by atoms with Crippen LogP contribution in [0.5, 0.6) is 5.88 Å². The molecule has 0 saturated carbocycles. The predicted octanol–water partition coefficient (Wildman–Crippen LogP) is 1.52. The van der Waals surface area contributed by atoms with Gasteiger partial charge in [-0.2, -0.15) is 4.98 Å². The summed E-state index contributed by atoms with van der Waals surface area (Å²) in [7, 11) is 0. The van der Waals surface area contributed by atoms with Crippen LogP contribution in [0.15, 0.2) is 17.7 Å². The van der Waals surface area contributed by atoms with Crippen LogP contribution in [0.4, 0.5) is 5.82 Å². The molecule has 1 aromatic rings. The van der Waals surface area contributed by atoms with Crippen LogP contribution in [-0.4, -0.2) is 36.2 Å². The minimum Gasteiger partial charge on any atom is -0.478 e. The summed E-state index contributed by atoms with van der Waals surface area (Å²) < 4.78 is 5.40. The molecular formula is C13H20N4O. The SMILES string of the molecule is CCOc1cc(NCC2=CCNCC2)nc(C)n1. The highest BCUT2D eigenvalue weighted by Crippen LogP contribution is 2.14. The van der Waals surface area contributed by atoms with Crippen LogP contribution < -0.4 is 15.4 Å². The molecule has 2 N–H and O–H groups in total. The number of hydrogen-bond donors (Lipinski definition) is 2. The minimum atomic E-state index is 0.618. The Kier molecular flexibility index (Phi) is 4.52. The van der Waals surface area contributed by atoms with Crippen LogP contribution >= 0.6 is 0 Å². The van der Waals surface area contributed by atoms with E-state index >= 15 is 0 Å². The molecule has 0 bridgehead atoms. The third-order valence-corrected chi connectivity index (χ3v) is 2.76. The fourth-order valence-electron chi connectivity index (χ4n) is 1.89. The molecule has 0 saturated heterocycles. The molecule has 98 valence electrons. The number of rotatable bonds is 5. The maximum absolute atomic E-state index is 5.40. The molecule has 1 aliphatic rings. The number of aromatic nitrogens is 2. The van der Waals surface area contributed by atoms with E-state index in [0.29, 0.717) is 12.5 Å². The van der Waals surface area contributed by atoms with Crippen molar-refractivity contribution in [1.82, 2.24) is 15.3 Å². The van der Waals surface area contributed by atoms with Gasteiger partial charge in [0.25, 0.3) is 0 Å². The molecule has 18 heavy (non-hydrogen) atoms. The van der Waals surface area contributed by atoms with Gasteiger partial charge in [0.1, 0.15) is 11.6 Å². The first kappa shape index (κ1) is 12.8. The molecular weight excluding hydrogens is 228 g/mol. The van der Waals surface area contributed by atoms with Crippen LogP contribution in [0.25, 0.3) is 0 Å². The zero-order chi connectivity index (χ0) is 12.8. The Hall–Kier alpha value is -1.62. The van der Waals surface area contributed by atoms with E-state index in [9.17, 15) is 0 Å². The largest absolute Gasteiger partial charge is 0.478 e. The molecule has 0 radical (unpaired) electrons. The first-order chi connectivity index (χ1) is 8.78. The van der Waals surface area contributed by atoms with E-state index in [2.05, 4.69) is 26.7 Å². The molecule has 0 aromatic carbocycles. The van der Waals surface area contributed by atoms with Gasteiger partial charge in [0.2, 0.25) is 5.88 Å². The average molecular weight is 248 g/mol. The second kappa shape index (κ2) is 6.35. The van der Waals surface area contributed by atoms with E-state index in [1.165, 1.54) is 5.57 Å². The van der Waals surface area contributed by atoms with Gasteiger partial charge in [-0.15, -0.1) is 0 Å². The molecule has 0 spiro atoms. The second-order valence-electron chi connectivity index (χ2n) is 4.24. The molecule has 1 aromatic heterocycles. The van der Waals surface area contributed by atoms with Crippen LogP contribution in [-0.2, 0) is 0 Å². The van der Waals surface area contributed by atoms with Crippen molar-refractivity contribution in [1.29, 1.82) is 0 Å². The molecule has 0 amide bonds. The topological polar surface area (TPSA) is 59.1 Å². The number of nitrogens with one attached hydrogen (secondary N) is 2. The minimum absolute atomic E-state index is 0.618. The number of ether oxygens (including phenoxy) is 1. The van der Waals surface area contributed by atoms with Crippen molar-refractivity contribution in [2.75, 3.05) is 31.6 Å². The molecule has 0 fully saturated rings. The summed E-state index contributed by atoms with van der Waals surface area (Å²) in [6.45, 7) is 7.29. The molecule has 0 atom stereocenters. The summed E-state index contributed by atoms with van der Waals surface area (Å²) in [5.41, 5.74) is 1.42. The number of nitrogens with zero attached hydrogens (tertiary/aromatic N) is 2. The summed E-state index contributed by atoms with van der Waals surface area (Å²) in [6, 6.07) is 1.85. The van der Waals surface area contributed by atoms with Crippen LogP contribution in [0.1, 0.15) is 19.2 Å². The van der Waals surface area contributed by atoms with Gasteiger partial charge in [0, 0.05) is 19.2 Å². The zero-order valence-electron chi connectivity index (χ0n) is 11.0. The van der Waals surface area contributed by atoms with Gasteiger partial charge in [-0.1, -0.05) is 11.6 Å². The van der Waals surface area contributed by atoms with Crippen molar-refractivity contribution in [3.05, 3.63) is 23.5 Å². The summed E-state index contributed by atoms with van der Waals surface area (Å²) in [5.74, 6) is 2.18. The number of anilines is 1. The molecule has 2 rings (SSSR count). The molecule has 0 aliphatic carbocycles. The van der Waals surface area contributed by atoms with Gasteiger partial charge >= 0.3 is 0 Å². The van der Waals surface area contributed by atoms with Crippen molar-refractivity contribution >= 4 is 5.82 Å². The van der Waals surface area contributed by atoms with Gasteiger partial charge in [-0.25, -0.2) is 4.98 Å². The fourth-order valence-corrected chi connectivity index (χ4v) is 1.89. The van der Waals surface area contributed by atoms with E-state index in [4.69, 9.17) is 4.74 Å². The third-order valence-electron chi connectivity index (χ3n) is 2.76. The lowest BCUT2D eigenvalue weighted by Crippen LogP contribution is -2.23. The Bertz CT molecular complexity index is 431. The number of aryl methyl sites for hydroxylation is 1. The zero-order valence-corrected chi connectivity index (χ0v) is 11.0. The first-order valence-corrected chi connectivity index (χ1v) is 6.39. The quantitative estimate of drug-likeness (QED) is 0.774. The smallest absolute Gasteiger partial charge is 0.218 e. The highest BCUT2D eigenvalue weighted by molar-refractivity contribution is 5.40. The first-order valence-electron chi connectivity index (χ1n) is 6.39. The molecule has 2 heterocycles. The van der Waals surface area contributed by atoms with Crippen LogP contribution in [0.2, 0.25) is 0 Å². The van der Waals surface area contributed by atoms with E-state index in [-0.39, 0.29) is 0 Å². The molecule has 1 aliphatic heterocycles. The summed E-state index contributed by atoms with van der Waals surface area (Å²) in [5, 5.41) is 6.62. The average Bonchev–Trinajstić information content (AvgIpc) is 2.37. The Labute approximate surface area is 108 Å². The lowest BCUT2D eigenvalue weighted by atomic mass is 10.1. The summed E-state index contributed by atoms with van der Waals surface area (Å²) >= 11 is 0. The Morgan fingerprint density at radius 2 is 2.33 bits per heavy atom. The van der Waals surface area contributed by atoms with Crippen molar-refractivity contribution in [3.63, 3.8) is 0 Å². The van der Waals surface area contributed by atoms with Gasteiger partial charge in [0.05, 0.1) is 6.61 Å². The Balaban J connectivity index is 1.97. The van der Waals surface area contributed by atoms with E-state index in [1.807, 2.05) is 19.9 Å². The van der Waals surface area contributed by atoms with Gasteiger partial charge in [-0.05, 0) is 26.8 Å². The Morgan fingerprint density at radius 3 is 3.06 bits per heavy atom. The summed E-state index contributed by atoms with van der Waals surface area (Å²) in [4.78, 5) is 8.58. The lowest BCUT2D eigenvalue weighted by Gasteiger charge is -2.15. The normalized spacial score (nSPS) is 15.1. The lowest BCUT2D eigenvalue weighted by molar-refractivity contribution is 0.325. The molecule has 5 nitrogen and oxygen atoms in total. The van der Waals surface area contributed by atoms with Crippen molar-refractivity contribution in [2.24, 2.45) is 0 Å². The van der Waals surface area contributed by atoms with Gasteiger partial charge < -0.3 is 15.4 Å². The highest BCUT2D eigenvalue weighted by Gasteiger charge is 2.05. The highest BCUT2D eigenvalue weighted by atomic mass is 16.5. The van der Waals surface area contributed by atoms with Crippen LogP contribution in [0, 0.1) is 6.92 Å². The molecule has 0 unspecified atom stereocenters. The monoisotopic (exact) mass is 248 g/mol. The van der Waals surface area contributed by atoms with Crippen LogP contribution in [0.3, 0.4) is 0 Å². The maximum Gasteiger partial charge on any atom is 0.218 e. The second-order valence-corrected chi connectivity index (χ2v) is 4.24. The number of hydrogen-bond acceptors (Lipinski definition) is 5. The van der Waals surface area contributed by atoms with Crippen molar-refractivity contribution < 1.29 is 4.74 Å². The van der Waals surface area contributed by atoms with Gasteiger partial charge in [0.15, 0.2) is 0 Å².